The van der Waals surface area contributed by atoms with Crippen molar-refractivity contribution in [2.24, 2.45) is 0 Å². The van der Waals surface area contributed by atoms with Crippen LogP contribution in [0.15, 0.2) is 40.9 Å². The van der Waals surface area contributed by atoms with Gasteiger partial charge in [0, 0.05) is 10.0 Å². The van der Waals surface area contributed by atoms with Gasteiger partial charge in [-0.2, -0.15) is 0 Å². The molecule has 0 fully saturated rings. The number of amides is 1. The molecule has 0 bridgehead atoms. The Morgan fingerprint density at radius 3 is 2.68 bits per heavy atom. The Bertz CT molecular complexity index is 625. The fraction of sp³-hybridized carbons (Fsp3) is 0.0714. The van der Waals surface area contributed by atoms with Crippen LogP contribution in [-0.2, 0) is 0 Å². The fourth-order valence-corrected chi connectivity index (χ4v) is 2.05. The number of aryl methyl sites for hydroxylation is 1. The minimum atomic E-state index is -0.560. The van der Waals surface area contributed by atoms with Crippen LogP contribution in [0.5, 0.6) is 0 Å². The molecule has 2 nitrogen and oxygen atoms in total. The minimum Gasteiger partial charge on any atom is -0.318 e. The van der Waals surface area contributed by atoms with E-state index in [1.54, 1.807) is 18.2 Å². The third-order valence-electron chi connectivity index (χ3n) is 2.62. The molecule has 19 heavy (non-hydrogen) atoms. The highest BCUT2D eigenvalue weighted by Crippen LogP contribution is 2.25. The SMILES string of the molecule is Cc1cc(C(=O)Nc2c(F)cccc2Cl)ccc1Br. The molecule has 2 rings (SSSR count). The summed E-state index contributed by atoms with van der Waals surface area (Å²) in [5, 5.41) is 2.65. The van der Waals surface area contributed by atoms with Crippen LogP contribution in [0.4, 0.5) is 10.1 Å². The van der Waals surface area contributed by atoms with Crippen LogP contribution in [0.25, 0.3) is 0 Å². The van der Waals surface area contributed by atoms with Crippen molar-refractivity contribution in [1.29, 1.82) is 0 Å². The number of nitrogens with one attached hydrogen (secondary N) is 1. The average molecular weight is 343 g/mol. The van der Waals surface area contributed by atoms with Crippen LogP contribution in [0.2, 0.25) is 5.02 Å². The maximum Gasteiger partial charge on any atom is 0.255 e. The van der Waals surface area contributed by atoms with Gasteiger partial charge in [-0.05, 0) is 42.8 Å². The first-order valence-electron chi connectivity index (χ1n) is 5.50. The monoisotopic (exact) mass is 341 g/mol. The predicted octanol–water partition coefficient (Wildman–Crippen LogP) is 4.80. The first-order chi connectivity index (χ1) is 8.99. The van der Waals surface area contributed by atoms with Crippen LogP contribution < -0.4 is 5.32 Å². The molecule has 2 aromatic rings. The topological polar surface area (TPSA) is 29.1 Å². The van der Waals surface area contributed by atoms with Crippen molar-refractivity contribution in [2.75, 3.05) is 5.32 Å². The Morgan fingerprint density at radius 1 is 1.32 bits per heavy atom. The second kappa shape index (κ2) is 5.72. The van der Waals surface area contributed by atoms with Crippen molar-refractivity contribution in [3.05, 3.63) is 62.8 Å². The third kappa shape index (κ3) is 3.14. The molecule has 2 aromatic carbocycles. The molecular formula is C14H10BrClFNO. The molecule has 0 radical (unpaired) electrons. The summed E-state index contributed by atoms with van der Waals surface area (Å²) >= 11 is 9.21. The van der Waals surface area contributed by atoms with E-state index >= 15 is 0 Å². The van der Waals surface area contributed by atoms with Crippen LogP contribution >= 0.6 is 27.5 Å². The maximum atomic E-state index is 13.6. The van der Waals surface area contributed by atoms with E-state index in [0.717, 1.165) is 10.0 Å². The normalized spacial score (nSPS) is 10.3. The maximum absolute atomic E-state index is 13.6. The van der Waals surface area contributed by atoms with Crippen molar-refractivity contribution >= 4 is 39.1 Å². The number of hydrogen-bond acceptors (Lipinski definition) is 1. The van der Waals surface area contributed by atoms with Gasteiger partial charge < -0.3 is 5.32 Å². The molecule has 1 amide bonds. The molecule has 0 aliphatic heterocycles. The zero-order chi connectivity index (χ0) is 14.0. The van der Waals surface area contributed by atoms with Gasteiger partial charge in [-0.1, -0.05) is 33.6 Å². The smallest absolute Gasteiger partial charge is 0.255 e. The van der Waals surface area contributed by atoms with E-state index in [4.69, 9.17) is 11.6 Å². The minimum absolute atomic E-state index is 0.00487. The number of hydrogen-bond donors (Lipinski definition) is 1. The lowest BCUT2D eigenvalue weighted by Crippen LogP contribution is -2.13. The van der Waals surface area contributed by atoms with Gasteiger partial charge in [0.15, 0.2) is 0 Å². The first kappa shape index (κ1) is 14.0. The summed E-state index contributed by atoms with van der Waals surface area (Å²) < 4.78 is 14.5. The molecule has 0 aliphatic carbocycles. The summed E-state index contributed by atoms with van der Waals surface area (Å²) in [7, 11) is 0. The second-order valence-electron chi connectivity index (χ2n) is 4.01. The summed E-state index contributed by atoms with van der Waals surface area (Å²) in [4.78, 5) is 12.0. The van der Waals surface area contributed by atoms with Gasteiger partial charge in [0.05, 0.1) is 10.7 Å². The van der Waals surface area contributed by atoms with Crippen LogP contribution in [0.1, 0.15) is 15.9 Å². The standard InChI is InChI=1S/C14H10BrClFNO/c1-8-7-9(5-6-10(8)15)14(19)18-13-11(16)3-2-4-12(13)17/h2-7H,1H3,(H,18,19). The largest absolute Gasteiger partial charge is 0.318 e. The van der Waals surface area contributed by atoms with Crippen LogP contribution in [-0.4, -0.2) is 5.91 Å². The van der Waals surface area contributed by atoms with E-state index in [1.165, 1.54) is 18.2 Å². The highest BCUT2D eigenvalue weighted by molar-refractivity contribution is 9.10. The van der Waals surface area contributed by atoms with Crippen molar-refractivity contribution < 1.29 is 9.18 Å². The lowest BCUT2D eigenvalue weighted by molar-refractivity contribution is 0.102. The van der Waals surface area contributed by atoms with Crippen LogP contribution in [0.3, 0.4) is 0 Å². The fourth-order valence-electron chi connectivity index (χ4n) is 1.59. The molecular weight excluding hydrogens is 333 g/mol. The summed E-state index contributed by atoms with van der Waals surface area (Å²) in [6, 6.07) is 9.39. The summed E-state index contributed by atoms with van der Waals surface area (Å²) in [5.74, 6) is -0.961. The van der Waals surface area contributed by atoms with E-state index in [2.05, 4.69) is 21.2 Å². The zero-order valence-electron chi connectivity index (χ0n) is 10.0. The molecule has 0 aromatic heterocycles. The van der Waals surface area contributed by atoms with E-state index in [0.29, 0.717) is 5.56 Å². The number of benzene rings is 2. The van der Waals surface area contributed by atoms with E-state index in [9.17, 15) is 9.18 Å². The number of halogens is 3. The molecule has 0 heterocycles. The Kier molecular flexibility index (Phi) is 4.22. The molecule has 0 spiro atoms. The van der Waals surface area contributed by atoms with Gasteiger partial charge in [-0.3, -0.25) is 4.79 Å². The lowest BCUT2D eigenvalue weighted by Gasteiger charge is -2.09. The molecule has 5 heteroatoms. The van der Waals surface area contributed by atoms with Gasteiger partial charge in [0.25, 0.3) is 5.91 Å². The number of carbonyl (C=O) groups excluding carboxylic acids is 1. The van der Waals surface area contributed by atoms with Crippen molar-refractivity contribution in [2.45, 2.75) is 6.92 Å². The zero-order valence-corrected chi connectivity index (χ0v) is 12.3. The van der Waals surface area contributed by atoms with E-state index in [-0.39, 0.29) is 10.7 Å². The Hall–Kier alpha value is -1.39. The van der Waals surface area contributed by atoms with E-state index < -0.39 is 11.7 Å². The van der Waals surface area contributed by atoms with Gasteiger partial charge in [-0.25, -0.2) is 4.39 Å². The highest BCUT2D eigenvalue weighted by atomic mass is 79.9. The van der Waals surface area contributed by atoms with Gasteiger partial charge in [0.1, 0.15) is 5.82 Å². The quantitative estimate of drug-likeness (QED) is 0.834. The molecule has 98 valence electrons. The first-order valence-corrected chi connectivity index (χ1v) is 6.67. The Labute approximate surface area is 123 Å². The number of carbonyl (C=O) groups is 1. The third-order valence-corrected chi connectivity index (χ3v) is 3.83. The Balaban J connectivity index is 2.28. The van der Waals surface area contributed by atoms with Gasteiger partial charge >= 0.3 is 0 Å². The van der Waals surface area contributed by atoms with Crippen molar-refractivity contribution in [3.8, 4) is 0 Å². The van der Waals surface area contributed by atoms with Gasteiger partial charge in [0.2, 0.25) is 0 Å². The molecule has 0 saturated carbocycles. The molecule has 1 N–H and O–H groups in total. The highest BCUT2D eigenvalue weighted by Gasteiger charge is 2.12. The molecule has 0 atom stereocenters. The van der Waals surface area contributed by atoms with Gasteiger partial charge in [-0.15, -0.1) is 0 Å². The summed E-state index contributed by atoms with van der Waals surface area (Å²) in [6.07, 6.45) is 0. The molecule has 0 aliphatic rings. The number of anilines is 1. The molecule has 0 saturated heterocycles. The van der Waals surface area contributed by atoms with Crippen molar-refractivity contribution in [1.82, 2.24) is 0 Å². The van der Waals surface area contributed by atoms with Crippen molar-refractivity contribution in [3.63, 3.8) is 0 Å². The average Bonchev–Trinajstić information content (AvgIpc) is 2.37. The predicted molar refractivity (Wildman–Crippen MR) is 78.2 cm³/mol. The number of rotatable bonds is 2. The lowest BCUT2D eigenvalue weighted by atomic mass is 10.1. The molecule has 0 unspecified atom stereocenters. The second-order valence-corrected chi connectivity index (χ2v) is 5.28. The van der Waals surface area contributed by atoms with Crippen LogP contribution in [0, 0.1) is 12.7 Å². The summed E-state index contributed by atoms with van der Waals surface area (Å²) in [5.41, 5.74) is 1.36. The Morgan fingerprint density at radius 2 is 2.05 bits per heavy atom. The number of para-hydroxylation sites is 1. The van der Waals surface area contributed by atoms with E-state index in [1.807, 2.05) is 6.92 Å². The summed E-state index contributed by atoms with van der Waals surface area (Å²) in [6.45, 7) is 1.87.